The number of nitrogens with one attached hydrogen (secondary N) is 1. The van der Waals surface area contributed by atoms with E-state index in [9.17, 15) is 0 Å². The van der Waals surface area contributed by atoms with E-state index in [0.717, 1.165) is 18.0 Å². The van der Waals surface area contributed by atoms with Crippen molar-refractivity contribution in [1.29, 1.82) is 0 Å². The minimum absolute atomic E-state index is 0.869. The van der Waals surface area contributed by atoms with Crippen molar-refractivity contribution in [3.8, 4) is 0 Å². The van der Waals surface area contributed by atoms with Gasteiger partial charge in [0.2, 0.25) is 0 Å². The molecule has 2 fully saturated rings. The van der Waals surface area contributed by atoms with Gasteiger partial charge in [0.05, 0.1) is 0 Å². The van der Waals surface area contributed by atoms with Crippen LogP contribution in [-0.2, 0) is 0 Å². The minimum atomic E-state index is 0.869. The van der Waals surface area contributed by atoms with Gasteiger partial charge in [-0.1, -0.05) is 19.8 Å². The van der Waals surface area contributed by atoms with Gasteiger partial charge in [0.1, 0.15) is 0 Å². The number of hydrogen-bond acceptors (Lipinski definition) is 1. The van der Waals surface area contributed by atoms with E-state index in [4.69, 9.17) is 0 Å². The Kier molecular flexibility index (Phi) is 3.26. The summed E-state index contributed by atoms with van der Waals surface area (Å²) in [7, 11) is 0. The Hall–Kier alpha value is -0.0400. The SMILES string of the molecule is CCC1CCC(NC2CCC2)CC1. The van der Waals surface area contributed by atoms with Crippen molar-refractivity contribution in [3.63, 3.8) is 0 Å². The lowest BCUT2D eigenvalue weighted by Gasteiger charge is -2.35. The third-order valence-electron chi connectivity index (χ3n) is 4.00. The molecule has 0 saturated heterocycles. The van der Waals surface area contributed by atoms with Crippen molar-refractivity contribution < 1.29 is 0 Å². The van der Waals surface area contributed by atoms with E-state index in [-0.39, 0.29) is 0 Å². The molecule has 0 aromatic heterocycles. The molecular formula is C12H23N. The van der Waals surface area contributed by atoms with Gasteiger partial charge in [0.15, 0.2) is 0 Å². The van der Waals surface area contributed by atoms with Crippen molar-refractivity contribution >= 4 is 0 Å². The molecule has 0 aromatic carbocycles. The molecule has 0 spiro atoms. The molecule has 2 saturated carbocycles. The maximum absolute atomic E-state index is 3.80. The Bertz CT molecular complexity index is 143. The molecule has 1 N–H and O–H groups in total. The molecule has 0 aliphatic heterocycles. The van der Waals surface area contributed by atoms with E-state index in [0.29, 0.717) is 0 Å². The van der Waals surface area contributed by atoms with Crippen molar-refractivity contribution in [2.75, 3.05) is 0 Å². The second kappa shape index (κ2) is 4.45. The summed E-state index contributed by atoms with van der Waals surface area (Å²) in [5.74, 6) is 1.04. The van der Waals surface area contributed by atoms with Gasteiger partial charge in [-0.25, -0.2) is 0 Å². The summed E-state index contributed by atoms with van der Waals surface area (Å²) in [6, 6.07) is 1.76. The van der Waals surface area contributed by atoms with E-state index in [1.54, 1.807) is 0 Å². The third-order valence-corrected chi connectivity index (χ3v) is 4.00. The molecule has 2 rings (SSSR count). The molecule has 1 heteroatoms. The fraction of sp³-hybridized carbons (Fsp3) is 1.00. The smallest absolute Gasteiger partial charge is 0.00698 e. The number of rotatable bonds is 3. The molecule has 0 bridgehead atoms. The van der Waals surface area contributed by atoms with Crippen LogP contribution >= 0.6 is 0 Å². The Morgan fingerprint density at radius 3 is 2.00 bits per heavy atom. The van der Waals surface area contributed by atoms with E-state index in [1.165, 1.54) is 51.4 Å². The summed E-state index contributed by atoms with van der Waals surface area (Å²) in [5.41, 5.74) is 0. The predicted octanol–water partition coefficient (Wildman–Crippen LogP) is 3.10. The lowest BCUT2D eigenvalue weighted by molar-refractivity contribution is 0.232. The average molecular weight is 181 g/mol. The van der Waals surface area contributed by atoms with Gasteiger partial charge in [-0.3, -0.25) is 0 Å². The van der Waals surface area contributed by atoms with Crippen molar-refractivity contribution in [1.82, 2.24) is 5.32 Å². The topological polar surface area (TPSA) is 12.0 Å². The third kappa shape index (κ3) is 2.46. The van der Waals surface area contributed by atoms with Gasteiger partial charge in [0, 0.05) is 12.1 Å². The van der Waals surface area contributed by atoms with E-state index >= 15 is 0 Å². The van der Waals surface area contributed by atoms with Gasteiger partial charge in [-0.2, -0.15) is 0 Å². The van der Waals surface area contributed by atoms with Crippen LogP contribution < -0.4 is 5.32 Å². The first-order valence-corrected chi connectivity index (χ1v) is 6.14. The largest absolute Gasteiger partial charge is 0.311 e. The molecule has 2 aliphatic rings. The Balaban J connectivity index is 1.65. The van der Waals surface area contributed by atoms with Gasteiger partial charge in [-0.15, -0.1) is 0 Å². The molecule has 0 heterocycles. The zero-order valence-corrected chi connectivity index (χ0v) is 8.89. The predicted molar refractivity (Wildman–Crippen MR) is 56.8 cm³/mol. The van der Waals surface area contributed by atoms with Crippen molar-refractivity contribution in [2.24, 2.45) is 5.92 Å². The van der Waals surface area contributed by atoms with Crippen LogP contribution in [0.3, 0.4) is 0 Å². The van der Waals surface area contributed by atoms with Gasteiger partial charge < -0.3 is 5.32 Å². The summed E-state index contributed by atoms with van der Waals surface area (Å²) in [5, 5.41) is 3.80. The first kappa shape index (κ1) is 9.51. The average Bonchev–Trinajstić information content (AvgIpc) is 2.12. The van der Waals surface area contributed by atoms with Crippen LogP contribution in [0.2, 0.25) is 0 Å². The fourth-order valence-corrected chi connectivity index (χ4v) is 2.65. The molecule has 1 nitrogen and oxygen atoms in total. The first-order chi connectivity index (χ1) is 6.38. The molecule has 0 amide bonds. The molecule has 0 aromatic rings. The zero-order valence-electron chi connectivity index (χ0n) is 8.89. The van der Waals surface area contributed by atoms with E-state index in [1.807, 2.05) is 0 Å². The maximum Gasteiger partial charge on any atom is 0.00698 e. The van der Waals surface area contributed by atoms with E-state index < -0.39 is 0 Å². The highest BCUT2D eigenvalue weighted by Crippen LogP contribution is 2.28. The van der Waals surface area contributed by atoms with Crippen LogP contribution in [0.25, 0.3) is 0 Å². The fourth-order valence-electron chi connectivity index (χ4n) is 2.65. The summed E-state index contributed by atoms with van der Waals surface area (Å²) in [6.45, 7) is 2.34. The van der Waals surface area contributed by atoms with Crippen molar-refractivity contribution in [2.45, 2.75) is 70.4 Å². The van der Waals surface area contributed by atoms with Crippen LogP contribution in [0.1, 0.15) is 58.3 Å². The maximum atomic E-state index is 3.80. The molecule has 2 aliphatic carbocycles. The number of hydrogen-bond donors (Lipinski definition) is 1. The summed E-state index contributed by atoms with van der Waals surface area (Å²) in [4.78, 5) is 0. The van der Waals surface area contributed by atoms with Crippen LogP contribution in [0.5, 0.6) is 0 Å². The van der Waals surface area contributed by atoms with Gasteiger partial charge in [0.25, 0.3) is 0 Å². The highest BCUT2D eigenvalue weighted by molar-refractivity contribution is 4.83. The first-order valence-electron chi connectivity index (χ1n) is 6.14. The zero-order chi connectivity index (χ0) is 9.10. The van der Waals surface area contributed by atoms with Crippen LogP contribution in [-0.4, -0.2) is 12.1 Å². The van der Waals surface area contributed by atoms with Gasteiger partial charge in [-0.05, 0) is 44.4 Å². The van der Waals surface area contributed by atoms with Crippen LogP contribution in [0, 0.1) is 5.92 Å². The summed E-state index contributed by atoms with van der Waals surface area (Å²) in [6.07, 6.45) is 11.6. The molecule has 76 valence electrons. The standard InChI is InChI=1S/C12H23N/c1-2-10-6-8-12(9-7-10)13-11-4-3-5-11/h10-13H,2-9H2,1H3. The molecular weight excluding hydrogens is 158 g/mol. The molecule has 0 atom stereocenters. The summed E-state index contributed by atoms with van der Waals surface area (Å²) < 4.78 is 0. The molecule has 13 heavy (non-hydrogen) atoms. The summed E-state index contributed by atoms with van der Waals surface area (Å²) >= 11 is 0. The normalized spacial score (nSPS) is 35.8. The lowest BCUT2D eigenvalue weighted by atomic mass is 9.83. The minimum Gasteiger partial charge on any atom is -0.311 e. The Morgan fingerprint density at radius 1 is 0.923 bits per heavy atom. The van der Waals surface area contributed by atoms with Crippen molar-refractivity contribution in [3.05, 3.63) is 0 Å². The van der Waals surface area contributed by atoms with Crippen LogP contribution in [0.15, 0.2) is 0 Å². The van der Waals surface area contributed by atoms with Gasteiger partial charge >= 0.3 is 0 Å². The second-order valence-corrected chi connectivity index (χ2v) is 4.92. The Morgan fingerprint density at radius 2 is 1.54 bits per heavy atom. The Labute approximate surface area is 82.3 Å². The monoisotopic (exact) mass is 181 g/mol. The quantitative estimate of drug-likeness (QED) is 0.705. The highest BCUT2D eigenvalue weighted by Gasteiger charge is 2.24. The van der Waals surface area contributed by atoms with Crippen LogP contribution in [0.4, 0.5) is 0 Å². The molecule has 0 unspecified atom stereocenters. The van der Waals surface area contributed by atoms with E-state index in [2.05, 4.69) is 12.2 Å². The molecule has 0 radical (unpaired) electrons. The second-order valence-electron chi connectivity index (χ2n) is 4.92. The highest BCUT2D eigenvalue weighted by atomic mass is 15.0. The lowest BCUT2D eigenvalue weighted by Crippen LogP contribution is -2.43.